The van der Waals surface area contributed by atoms with Crippen LogP contribution in [0.5, 0.6) is 0 Å². The molecule has 0 spiro atoms. The van der Waals surface area contributed by atoms with E-state index in [1.807, 2.05) is 0 Å². The molecule has 0 heterocycles. The highest BCUT2D eigenvalue weighted by molar-refractivity contribution is 5.83. The number of ketones is 1. The van der Waals surface area contributed by atoms with Crippen LogP contribution in [-0.2, 0) is 4.79 Å². The molecular formula is C15H27NO2. The standard InChI is InChI=1S/C15H27NO2/c17-11-10-16(14-8-4-5-9-14)12-15(18)13-6-2-1-3-7-13/h13-14,17H,1-12H2. The summed E-state index contributed by atoms with van der Waals surface area (Å²) in [6, 6.07) is 0.546. The molecule has 0 aliphatic heterocycles. The second kappa shape index (κ2) is 7.25. The van der Waals surface area contributed by atoms with Crippen LogP contribution in [0.1, 0.15) is 57.8 Å². The summed E-state index contributed by atoms with van der Waals surface area (Å²) < 4.78 is 0. The first-order valence-corrected chi connectivity index (χ1v) is 7.69. The molecule has 2 aliphatic carbocycles. The predicted octanol–water partition coefficient (Wildman–Crippen LogP) is 2.37. The van der Waals surface area contributed by atoms with E-state index in [4.69, 9.17) is 5.11 Å². The van der Waals surface area contributed by atoms with Gasteiger partial charge in [-0.05, 0) is 25.7 Å². The number of carbonyl (C=O) groups excluding carboxylic acids is 1. The topological polar surface area (TPSA) is 40.5 Å². The van der Waals surface area contributed by atoms with Crippen molar-refractivity contribution in [3.05, 3.63) is 0 Å². The molecular weight excluding hydrogens is 226 g/mol. The van der Waals surface area contributed by atoms with Crippen LogP contribution in [0.3, 0.4) is 0 Å². The molecule has 0 aromatic rings. The van der Waals surface area contributed by atoms with Crippen molar-refractivity contribution in [1.29, 1.82) is 0 Å². The van der Waals surface area contributed by atoms with Crippen molar-refractivity contribution in [3.63, 3.8) is 0 Å². The first-order chi connectivity index (χ1) is 8.81. The Kier molecular flexibility index (Phi) is 5.64. The van der Waals surface area contributed by atoms with Crippen molar-refractivity contribution >= 4 is 5.78 Å². The average Bonchev–Trinajstić information content (AvgIpc) is 2.93. The third-order valence-corrected chi connectivity index (χ3v) is 4.65. The van der Waals surface area contributed by atoms with Gasteiger partial charge in [0.25, 0.3) is 0 Å². The Morgan fingerprint density at radius 2 is 1.61 bits per heavy atom. The Bertz CT molecular complexity index is 255. The van der Waals surface area contributed by atoms with E-state index >= 15 is 0 Å². The zero-order chi connectivity index (χ0) is 12.8. The van der Waals surface area contributed by atoms with Crippen LogP contribution in [0.2, 0.25) is 0 Å². The maximum absolute atomic E-state index is 12.3. The lowest BCUT2D eigenvalue weighted by Gasteiger charge is -2.30. The van der Waals surface area contributed by atoms with Gasteiger partial charge in [0.2, 0.25) is 0 Å². The Hall–Kier alpha value is -0.410. The number of carbonyl (C=O) groups is 1. The molecule has 3 heteroatoms. The molecule has 2 fully saturated rings. The minimum atomic E-state index is 0.175. The van der Waals surface area contributed by atoms with Crippen LogP contribution in [0.25, 0.3) is 0 Å². The van der Waals surface area contributed by atoms with Gasteiger partial charge in [0, 0.05) is 18.5 Å². The summed E-state index contributed by atoms with van der Waals surface area (Å²) in [4.78, 5) is 14.6. The van der Waals surface area contributed by atoms with E-state index < -0.39 is 0 Å². The third kappa shape index (κ3) is 3.79. The molecule has 2 aliphatic rings. The maximum atomic E-state index is 12.3. The molecule has 0 atom stereocenters. The zero-order valence-corrected chi connectivity index (χ0v) is 11.4. The summed E-state index contributed by atoms with van der Waals surface area (Å²) >= 11 is 0. The second-order valence-corrected chi connectivity index (χ2v) is 5.93. The van der Waals surface area contributed by atoms with E-state index in [2.05, 4.69) is 4.90 Å². The molecule has 18 heavy (non-hydrogen) atoms. The average molecular weight is 253 g/mol. The van der Waals surface area contributed by atoms with Crippen molar-refractivity contribution in [1.82, 2.24) is 4.90 Å². The van der Waals surface area contributed by atoms with Gasteiger partial charge < -0.3 is 5.11 Å². The molecule has 104 valence electrons. The first kappa shape index (κ1) is 14.0. The van der Waals surface area contributed by atoms with E-state index in [9.17, 15) is 4.79 Å². The van der Waals surface area contributed by atoms with Gasteiger partial charge in [-0.3, -0.25) is 9.69 Å². The van der Waals surface area contributed by atoms with E-state index in [0.29, 0.717) is 30.8 Å². The van der Waals surface area contributed by atoms with Crippen molar-refractivity contribution < 1.29 is 9.90 Å². The van der Waals surface area contributed by atoms with E-state index in [1.165, 1.54) is 44.9 Å². The van der Waals surface area contributed by atoms with Crippen LogP contribution in [0.4, 0.5) is 0 Å². The zero-order valence-electron chi connectivity index (χ0n) is 11.4. The Labute approximate surface area is 111 Å². The smallest absolute Gasteiger partial charge is 0.149 e. The van der Waals surface area contributed by atoms with Gasteiger partial charge >= 0.3 is 0 Å². The molecule has 2 saturated carbocycles. The lowest BCUT2D eigenvalue weighted by molar-refractivity contribution is -0.125. The number of aliphatic hydroxyl groups excluding tert-OH is 1. The van der Waals surface area contributed by atoms with Gasteiger partial charge in [0.15, 0.2) is 0 Å². The highest BCUT2D eigenvalue weighted by Crippen LogP contribution is 2.27. The number of Topliss-reactive ketones (excluding diaryl/α,β-unsaturated/α-hetero) is 1. The summed E-state index contributed by atoms with van der Waals surface area (Å²) in [6.45, 7) is 1.42. The second-order valence-electron chi connectivity index (χ2n) is 5.93. The summed E-state index contributed by atoms with van der Waals surface area (Å²) in [5.74, 6) is 0.733. The van der Waals surface area contributed by atoms with Gasteiger partial charge in [-0.25, -0.2) is 0 Å². The molecule has 0 saturated heterocycles. The Balaban J connectivity index is 1.84. The highest BCUT2D eigenvalue weighted by Gasteiger charge is 2.27. The predicted molar refractivity (Wildman–Crippen MR) is 72.5 cm³/mol. The summed E-state index contributed by atoms with van der Waals surface area (Å²) in [5, 5.41) is 9.17. The lowest BCUT2D eigenvalue weighted by atomic mass is 9.86. The molecule has 3 nitrogen and oxygen atoms in total. The molecule has 0 amide bonds. The van der Waals surface area contributed by atoms with Crippen LogP contribution in [-0.4, -0.2) is 41.5 Å². The summed E-state index contributed by atoms with van der Waals surface area (Å²) in [7, 11) is 0. The fraction of sp³-hybridized carbons (Fsp3) is 0.933. The summed E-state index contributed by atoms with van der Waals surface area (Å²) in [6.07, 6.45) is 10.9. The number of rotatable bonds is 6. The van der Waals surface area contributed by atoms with E-state index in [-0.39, 0.29) is 6.61 Å². The maximum Gasteiger partial charge on any atom is 0.149 e. The molecule has 1 N–H and O–H groups in total. The van der Waals surface area contributed by atoms with Gasteiger partial charge in [0.1, 0.15) is 5.78 Å². The van der Waals surface area contributed by atoms with Crippen LogP contribution >= 0.6 is 0 Å². The van der Waals surface area contributed by atoms with Crippen molar-refractivity contribution in [2.45, 2.75) is 63.8 Å². The SMILES string of the molecule is O=C(CN(CCO)C1CCCC1)C1CCCCC1. The van der Waals surface area contributed by atoms with Crippen molar-refractivity contribution in [2.75, 3.05) is 19.7 Å². The monoisotopic (exact) mass is 253 g/mol. The van der Waals surface area contributed by atoms with Crippen molar-refractivity contribution in [3.8, 4) is 0 Å². The molecule has 0 bridgehead atoms. The van der Waals surface area contributed by atoms with Gasteiger partial charge in [-0.15, -0.1) is 0 Å². The van der Waals surface area contributed by atoms with E-state index in [1.54, 1.807) is 0 Å². The Morgan fingerprint density at radius 3 is 2.22 bits per heavy atom. The number of hydrogen-bond donors (Lipinski definition) is 1. The molecule has 0 radical (unpaired) electrons. The third-order valence-electron chi connectivity index (χ3n) is 4.65. The Morgan fingerprint density at radius 1 is 1.00 bits per heavy atom. The van der Waals surface area contributed by atoms with Crippen LogP contribution < -0.4 is 0 Å². The number of hydrogen-bond acceptors (Lipinski definition) is 3. The van der Waals surface area contributed by atoms with Gasteiger partial charge in [0.05, 0.1) is 13.2 Å². The van der Waals surface area contributed by atoms with Crippen LogP contribution in [0.15, 0.2) is 0 Å². The molecule has 0 aromatic carbocycles. The fourth-order valence-corrected chi connectivity index (χ4v) is 3.54. The summed E-state index contributed by atoms with van der Waals surface area (Å²) in [5.41, 5.74) is 0. The molecule has 0 aromatic heterocycles. The van der Waals surface area contributed by atoms with Crippen molar-refractivity contribution in [2.24, 2.45) is 5.92 Å². The largest absolute Gasteiger partial charge is 0.395 e. The minimum absolute atomic E-state index is 0.175. The molecule has 0 unspecified atom stereocenters. The van der Waals surface area contributed by atoms with Gasteiger partial charge in [-0.1, -0.05) is 32.1 Å². The quantitative estimate of drug-likeness (QED) is 0.790. The first-order valence-electron chi connectivity index (χ1n) is 7.69. The van der Waals surface area contributed by atoms with Gasteiger partial charge in [-0.2, -0.15) is 0 Å². The fourth-order valence-electron chi connectivity index (χ4n) is 3.54. The van der Waals surface area contributed by atoms with E-state index in [0.717, 1.165) is 12.8 Å². The minimum Gasteiger partial charge on any atom is -0.395 e. The normalized spacial score (nSPS) is 22.8. The lowest BCUT2D eigenvalue weighted by Crippen LogP contribution is -2.41. The van der Waals surface area contributed by atoms with Crippen LogP contribution in [0, 0.1) is 5.92 Å². The molecule has 2 rings (SSSR count). The highest BCUT2D eigenvalue weighted by atomic mass is 16.3. The number of aliphatic hydroxyl groups is 1. The number of nitrogens with zero attached hydrogens (tertiary/aromatic N) is 1.